The number of fused-ring (bicyclic) bond motifs is 1. The van der Waals surface area contributed by atoms with Gasteiger partial charge >= 0.3 is 0 Å². The van der Waals surface area contributed by atoms with Gasteiger partial charge in [0.2, 0.25) is 10.0 Å². The van der Waals surface area contributed by atoms with Crippen molar-refractivity contribution < 1.29 is 13.2 Å². The quantitative estimate of drug-likeness (QED) is 0.787. The van der Waals surface area contributed by atoms with E-state index in [0.717, 1.165) is 16.7 Å². The highest BCUT2D eigenvalue weighted by atomic mass is 32.2. The molecule has 1 aromatic rings. The average Bonchev–Trinajstić information content (AvgIpc) is 3.01. The van der Waals surface area contributed by atoms with Gasteiger partial charge in [-0.15, -0.1) is 0 Å². The van der Waals surface area contributed by atoms with E-state index in [1.807, 2.05) is 19.9 Å². The summed E-state index contributed by atoms with van der Waals surface area (Å²) in [6.45, 7) is 6.22. The molecule has 1 unspecified atom stereocenters. The van der Waals surface area contributed by atoms with Crippen molar-refractivity contribution in [1.29, 1.82) is 0 Å². The van der Waals surface area contributed by atoms with Gasteiger partial charge in [0, 0.05) is 24.6 Å². The Morgan fingerprint density at radius 1 is 1.18 bits per heavy atom. The summed E-state index contributed by atoms with van der Waals surface area (Å²) in [5, 5.41) is 0. The zero-order chi connectivity index (χ0) is 16.1. The maximum atomic E-state index is 12.8. The molecule has 1 aromatic carbocycles. The number of carbonyl (C=O) groups is 1. The van der Waals surface area contributed by atoms with Gasteiger partial charge in [0.1, 0.15) is 0 Å². The molecule has 1 saturated heterocycles. The molecule has 0 aromatic heterocycles. The molecule has 0 N–H and O–H groups in total. The molecule has 5 heteroatoms. The van der Waals surface area contributed by atoms with E-state index in [0.29, 0.717) is 23.6 Å². The Bertz CT molecular complexity index is 801. The van der Waals surface area contributed by atoms with Crippen LogP contribution in [0.5, 0.6) is 0 Å². The maximum Gasteiger partial charge on any atom is 0.243 e. The molecule has 0 amide bonds. The van der Waals surface area contributed by atoms with Gasteiger partial charge in [-0.25, -0.2) is 8.42 Å². The van der Waals surface area contributed by atoms with Crippen LogP contribution in [0.15, 0.2) is 52.0 Å². The van der Waals surface area contributed by atoms with Crippen LogP contribution in [-0.4, -0.2) is 31.6 Å². The number of carbonyl (C=O) groups excluding carboxylic acids is 1. The Morgan fingerprint density at radius 2 is 1.82 bits per heavy atom. The van der Waals surface area contributed by atoms with Gasteiger partial charge in [0.15, 0.2) is 5.78 Å². The minimum absolute atomic E-state index is 0.0647. The van der Waals surface area contributed by atoms with Crippen molar-refractivity contribution >= 4 is 15.8 Å². The molecule has 3 rings (SSSR count). The fourth-order valence-electron chi connectivity index (χ4n) is 3.24. The number of allylic oxidation sites excluding steroid dienone is 2. The standard InChI is InChI=1S/C17H19NO3S/c1-4-14-16-10-18(9-15(16)12(3)17(14)19)22(20,21)13-7-5-11(2)6-8-13/h4-8,16H,9-10H2,1-3H3. The number of sulfonamides is 1. The summed E-state index contributed by atoms with van der Waals surface area (Å²) >= 11 is 0. The van der Waals surface area contributed by atoms with Crippen molar-refractivity contribution in [3.63, 3.8) is 0 Å². The van der Waals surface area contributed by atoms with Crippen LogP contribution >= 0.6 is 0 Å². The number of hydrogen-bond acceptors (Lipinski definition) is 3. The molecular weight excluding hydrogens is 298 g/mol. The van der Waals surface area contributed by atoms with Crippen LogP contribution in [0.3, 0.4) is 0 Å². The molecule has 0 radical (unpaired) electrons. The first-order valence-corrected chi connectivity index (χ1v) is 8.77. The van der Waals surface area contributed by atoms with Crippen LogP contribution in [0.1, 0.15) is 19.4 Å². The van der Waals surface area contributed by atoms with Gasteiger partial charge in [-0.3, -0.25) is 4.79 Å². The molecule has 1 atom stereocenters. The first kappa shape index (κ1) is 15.2. The van der Waals surface area contributed by atoms with Crippen LogP contribution < -0.4 is 0 Å². The Hall–Kier alpha value is -1.72. The van der Waals surface area contributed by atoms with E-state index in [4.69, 9.17) is 0 Å². The lowest BCUT2D eigenvalue weighted by atomic mass is 9.99. The lowest BCUT2D eigenvalue weighted by molar-refractivity contribution is -0.112. The van der Waals surface area contributed by atoms with Gasteiger partial charge in [-0.1, -0.05) is 23.8 Å². The van der Waals surface area contributed by atoms with Crippen molar-refractivity contribution in [3.05, 3.63) is 52.6 Å². The van der Waals surface area contributed by atoms with Gasteiger partial charge in [0.25, 0.3) is 0 Å². The topological polar surface area (TPSA) is 54.5 Å². The third-order valence-corrected chi connectivity index (χ3v) is 6.41. The highest BCUT2D eigenvalue weighted by Crippen LogP contribution is 2.41. The molecule has 4 nitrogen and oxygen atoms in total. The number of benzene rings is 1. The molecule has 1 fully saturated rings. The first-order chi connectivity index (χ1) is 10.4. The summed E-state index contributed by atoms with van der Waals surface area (Å²) in [6.07, 6.45) is 1.81. The van der Waals surface area contributed by atoms with Crippen LogP contribution in [0, 0.1) is 12.8 Å². The summed E-state index contributed by atoms with van der Waals surface area (Å²) in [6, 6.07) is 6.88. The van der Waals surface area contributed by atoms with E-state index in [-0.39, 0.29) is 11.7 Å². The SMILES string of the molecule is CC=C1C(=O)C(C)=C2CN(S(=O)(=O)c3ccc(C)cc3)CC12. The van der Waals surface area contributed by atoms with Crippen LogP contribution in [-0.2, 0) is 14.8 Å². The van der Waals surface area contributed by atoms with Crippen molar-refractivity contribution in [2.45, 2.75) is 25.7 Å². The number of hydrogen-bond donors (Lipinski definition) is 0. The van der Waals surface area contributed by atoms with Crippen LogP contribution in [0.2, 0.25) is 0 Å². The predicted molar refractivity (Wildman–Crippen MR) is 84.9 cm³/mol. The second-order valence-corrected chi connectivity index (χ2v) is 7.82. The molecule has 1 heterocycles. The van der Waals surface area contributed by atoms with E-state index >= 15 is 0 Å². The van der Waals surface area contributed by atoms with Crippen molar-refractivity contribution in [3.8, 4) is 0 Å². The van der Waals surface area contributed by atoms with Gasteiger partial charge in [0.05, 0.1) is 4.90 Å². The minimum atomic E-state index is -3.51. The molecule has 0 saturated carbocycles. The highest BCUT2D eigenvalue weighted by molar-refractivity contribution is 7.89. The zero-order valence-electron chi connectivity index (χ0n) is 13.0. The lowest BCUT2D eigenvalue weighted by Crippen LogP contribution is -2.30. The Morgan fingerprint density at radius 3 is 2.41 bits per heavy atom. The third-order valence-electron chi connectivity index (χ3n) is 4.58. The van der Waals surface area contributed by atoms with E-state index in [1.165, 1.54) is 4.31 Å². The third kappa shape index (κ3) is 2.16. The maximum absolute atomic E-state index is 12.8. The summed E-state index contributed by atoms with van der Waals surface area (Å²) in [5.41, 5.74) is 3.42. The first-order valence-electron chi connectivity index (χ1n) is 7.33. The number of nitrogens with zero attached hydrogens (tertiary/aromatic N) is 1. The van der Waals surface area contributed by atoms with Crippen molar-refractivity contribution in [2.24, 2.45) is 5.92 Å². The van der Waals surface area contributed by atoms with Crippen molar-refractivity contribution in [1.82, 2.24) is 4.31 Å². The molecule has 1 aliphatic heterocycles. The smallest absolute Gasteiger partial charge is 0.243 e. The Labute approximate surface area is 131 Å². The largest absolute Gasteiger partial charge is 0.289 e. The van der Waals surface area contributed by atoms with E-state index in [2.05, 4.69) is 0 Å². The monoisotopic (exact) mass is 317 g/mol. The summed E-state index contributed by atoms with van der Waals surface area (Å²) < 4.78 is 27.0. The number of aryl methyl sites for hydroxylation is 1. The van der Waals surface area contributed by atoms with Crippen molar-refractivity contribution in [2.75, 3.05) is 13.1 Å². The minimum Gasteiger partial charge on any atom is -0.289 e. The van der Waals surface area contributed by atoms with Gasteiger partial charge < -0.3 is 0 Å². The summed E-state index contributed by atoms with van der Waals surface area (Å²) in [7, 11) is -3.51. The second kappa shape index (κ2) is 5.18. The Kier molecular flexibility index (Phi) is 3.57. The molecule has 0 bridgehead atoms. The summed E-state index contributed by atoms with van der Waals surface area (Å²) in [4.78, 5) is 12.4. The lowest BCUT2D eigenvalue weighted by Gasteiger charge is -2.17. The van der Waals surface area contributed by atoms with Crippen LogP contribution in [0.4, 0.5) is 0 Å². The Balaban J connectivity index is 1.96. The van der Waals surface area contributed by atoms with E-state index in [1.54, 1.807) is 31.2 Å². The zero-order valence-corrected chi connectivity index (χ0v) is 13.8. The fourth-order valence-corrected chi connectivity index (χ4v) is 4.67. The molecular formula is C17H19NO3S. The number of Topliss-reactive ketones (excluding diaryl/α,β-unsaturated/α-hetero) is 1. The number of rotatable bonds is 2. The normalized spacial score (nSPS) is 24.4. The fraction of sp³-hybridized carbons (Fsp3) is 0.353. The van der Waals surface area contributed by atoms with Crippen LogP contribution in [0.25, 0.3) is 0 Å². The molecule has 2 aliphatic rings. The van der Waals surface area contributed by atoms with E-state index < -0.39 is 10.0 Å². The predicted octanol–water partition coefficient (Wildman–Crippen LogP) is 2.46. The molecule has 1 aliphatic carbocycles. The highest BCUT2D eigenvalue weighted by Gasteiger charge is 2.44. The second-order valence-electron chi connectivity index (χ2n) is 5.89. The molecule has 22 heavy (non-hydrogen) atoms. The van der Waals surface area contributed by atoms with Gasteiger partial charge in [-0.2, -0.15) is 4.31 Å². The number of ketones is 1. The van der Waals surface area contributed by atoms with E-state index in [9.17, 15) is 13.2 Å². The molecule has 0 spiro atoms. The summed E-state index contributed by atoms with van der Waals surface area (Å²) in [5.74, 6) is -0.00685. The average molecular weight is 317 g/mol. The van der Waals surface area contributed by atoms with Gasteiger partial charge in [-0.05, 0) is 44.1 Å². The molecule has 116 valence electrons.